The summed E-state index contributed by atoms with van der Waals surface area (Å²) in [4.78, 5) is 28.7. The summed E-state index contributed by atoms with van der Waals surface area (Å²) in [6.07, 6.45) is 0.663. The summed E-state index contributed by atoms with van der Waals surface area (Å²) in [5.41, 5.74) is 0.839. The number of carbonyl (C=O) groups is 2. The standard InChI is InChI=1S/C19H19BrN2O4/c20-15-4-1-3-13(9-15)18(25)21-5-2-6-22(8-7-21)19(26)14-10-16(23)12-17(24)11-14/h1,3-4,9-12,23-24H,2,5-8H2. The lowest BCUT2D eigenvalue weighted by Gasteiger charge is -2.22. The topological polar surface area (TPSA) is 81.1 Å². The van der Waals surface area contributed by atoms with Crippen molar-refractivity contribution in [3.8, 4) is 11.5 Å². The maximum absolute atomic E-state index is 12.7. The second-order valence-corrected chi connectivity index (χ2v) is 7.10. The zero-order chi connectivity index (χ0) is 18.7. The van der Waals surface area contributed by atoms with Crippen LogP contribution < -0.4 is 0 Å². The molecule has 1 aliphatic rings. The van der Waals surface area contributed by atoms with Crippen LogP contribution in [0, 0.1) is 0 Å². The maximum Gasteiger partial charge on any atom is 0.254 e. The van der Waals surface area contributed by atoms with Crippen molar-refractivity contribution in [2.45, 2.75) is 6.42 Å². The second-order valence-electron chi connectivity index (χ2n) is 6.19. The van der Waals surface area contributed by atoms with Crippen molar-refractivity contribution < 1.29 is 19.8 Å². The third-order valence-corrected chi connectivity index (χ3v) is 4.78. The van der Waals surface area contributed by atoms with Gasteiger partial charge in [-0.05, 0) is 36.8 Å². The Balaban J connectivity index is 1.70. The highest BCUT2D eigenvalue weighted by atomic mass is 79.9. The van der Waals surface area contributed by atoms with Crippen molar-refractivity contribution in [3.05, 3.63) is 58.1 Å². The van der Waals surface area contributed by atoms with E-state index in [0.29, 0.717) is 38.2 Å². The lowest BCUT2D eigenvalue weighted by atomic mass is 10.1. The van der Waals surface area contributed by atoms with E-state index in [2.05, 4.69) is 15.9 Å². The van der Waals surface area contributed by atoms with Crippen LogP contribution in [0.25, 0.3) is 0 Å². The summed E-state index contributed by atoms with van der Waals surface area (Å²) in [6, 6.07) is 11.1. The SMILES string of the molecule is O=C(c1cc(O)cc(O)c1)N1CCCN(C(=O)c2cccc(Br)c2)CC1. The van der Waals surface area contributed by atoms with E-state index in [1.54, 1.807) is 21.9 Å². The van der Waals surface area contributed by atoms with Crippen molar-refractivity contribution in [1.82, 2.24) is 9.80 Å². The normalized spacial score (nSPS) is 14.8. The number of phenolic OH excluding ortho intramolecular Hbond substituents is 2. The van der Waals surface area contributed by atoms with Gasteiger partial charge in [0.1, 0.15) is 11.5 Å². The molecule has 0 spiro atoms. The van der Waals surface area contributed by atoms with Crippen LogP contribution in [0.1, 0.15) is 27.1 Å². The minimum Gasteiger partial charge on any atom is -0.508 e. The minimum absolute atomic E-state index is 0.0596. The third kappa shape index (κ3) is 4.16. The van der Waals surface area contributed by atoms with Gasteiger partial charge in [-0.2, -0.15) is 0 Å². The summed E-state index contributed by atoms with van der Waals surface area (Å²) >= 11 is 3.37. The maximum atomic E-state index is 12.7. The molecule has 2 aromatic rings. The molecule has 0 atom stereocenters. The van der Waals surface area contributed by atoms with Gasteiger partial charge >= 0.3 is 0 Å². The number of halogens is 1. The molecule has 2 amide bonds. The third-order valence-electron chi connectivity index (χ3n) is 4.29. The van der Waals surface area contributed by atoms with Gasteiger partial charge in [-0.1, -0.05) is 22.0 Å². The molecule has 0 bridgehead atoms. The van der Waals surface area contributed by atoms with Gasteiger partial charge in [0.2, 0.25) is 0 Å². The predicted molar refractivity (Wildman–Crippen MR) is 100 cm³/mol. The molecule has 0 aromatic heterocycles. The average Bonchev–Trinajstić information content (AvgIpc) is 2.85. The Morgan fingerprint density at radius 3 is 1.96 bits per heavy atom. The van der Waals surface area contributed by atoms with Gasteiger partial charge in [-0.15, -0.1) is 0 Å². The first-order valence-corrected chi connectivity index (χ1v) is 9.10. The molecule has 7 heteroatoms. The fraction of sp³-hybridized carbons (Fsp3) is 0.263. The number of carbonyl (C=O) groups excluding carboxylic acids is 2. The molecule has 1 fully saturated rings. The van der Waals surface area contributed by atoms with Crippen LogP contribution in [-0.4, -0.2) is 58.0 Å². The summed E-state index contributed by atoms with van der Waals surface area (Å²) in [5.74, 6) is -0.646. The van der Waals surface area contributed by atoms with Crippen molar-refractivity contribution in [2.24, 2.45) is 0 Å². The first-order chi connectivity index (χ1) is 12.4. The van der Waals surface area contributed by atoms with Crippen LogP contribution in [0.4, 0.5) is 0 Å². The number of amides is 2. The van der Waals surface area contributed by atoms with Crippen LogP contribution in [0.5, 0.6) is 11.5 Å². The van der Waals surface area contributed by atoms with E-state index < -0.39 is 0 Å². The number of hydrogen-bond acceptors (Lipinski definition) is 4. The van der Waals surface area contributed by atoms with Crippen molar-refractivity contribution in [2.75, 3.05) is 26.2 Å². The minimum atomic E-state index is -0.270. The molecule has 2 aromatic carbocycles. The zero-order valence-electron chi connectivity index (χ0n) is 14.1. The monoisotopic (exact) mass is 418 g/mol. The number of phenols is 2. The van der Waals surface area contributed by atoms with Crippen LogP contribution in [0.15, 0.2) is 46.9 Å². The molecule has 6 nitrogen and oxygen atoms in total. The van der Waals surface area contributed by atoms with E-state index in [9.17, 15) is 19.8 Å². The van der Waals surface area contributed by atoms with Gasteiger partial charge in [-0.25, -0.2) is 0 Å². The van der Waals surface area contributed by atoms with Gasteiger partial charge in [0, 0.05) is 47.8 Å². The Morgan fingerprint density at radius 1 is 0.808 bits per heavy atom. The fourth-order valence-corrected chi connectivity index (χ4v) is 3.43. The summed E-state index contributed by atoms with van der Waals surface area (Å²) in [6.45, 7) is 1.91. The predicted octanol–water partition coefficient (Wildman–Crippen LogP) is 2.85. The Hall–Kier alpha value is -2.54. The molecule has 26 heavy (non-hydrogen) atoms. The van der Waals surface area contributed by atoms with E-state index in [0.717, 1.165) is 4.47 Å². The summed E-state index contributed by atoms with van der Waals surface area (Å²) in [7, 11) is 0. The van der Waals surface area contributed by atoms with Crippen LogP contribution >= 0.6 is 15.9 Å². The smallest absolute Gasteiger partial charge is 0.254 e. The Morgan fingerprint density at radius 2 is 1.38 bits per heavy atom. The van der Waals surface area contributed by atoms with Crippen LogP contribution in [0.2, 0.25) is 0 Å². The molecule has 2 N–H and O–H groups in total. The molecule has 3 rings (SSSR count). The molecule has 0 radical (unpaired) electrons. The Labute approximate surface area is 159 Å². The largest absolute Gasteiger partial charge is 0.508 e. The second kappa shape index (κ2) is 7.78. The molecule has 136 valence electrons. The van der Waals surface area contributed by atoms with Gasteiger partial charge in [0.25, 0.3) is 11.8 Å². The Bertz CT molecular complexity index is 820. The Kier molecular flexibility index (Phi) is 5.46. The van der Waals surface area contributed by atoms with Crippen molar-refractivity contribution in [1.29, 1.82) is 0 Å². The van der Waals surface area contributed by atoms with Crippen molar-refractivity contribution >= 4 is 27.7 Å². The first-order valence-electron chi connectivity index (χ1n) is 8.31. The fourth-order valence-electron chi connectivity index (χ4n) is 3.03. The molecule has 1 saturated heterocycles. The number of benzene rings is 2. The summed E-state index contributed by atoms with van der Waals surface area (Å²) in [5, 5.41) is 19.1. The lowest BCUT2D eigenvalue weighted by molar-refractivity contribution is 0.0718. The van der Waals surface area contributed by atoms with E-state index in [1.807, 2.05) is 12.1 Å². The van der Waals surface area contributed by atoms with Gasteiger partial charge in [-0.3, -0.25) is 9.59 Å². The number of hydrogen-bond donors (Lipinski definition) is 2. The van der Waals surface area contributed by atoms with Crippen molar-refractivity contribution in [3.63, 3.8) is 0 Å². The number of nitrogens with zero attached hydrogens (tertiary/aromatic N) is 2. The molecule has 0 unspecified atom stereocenters. The number of aromatic hydroxyl groups is 2. The molecular formula is C19H19BrN2O4. The van der Waals surface area contributed by atoms with Crippen LogP contribution in [-0.2, 0) is 0 Å². The summed E-state index contributed by atoms with van der Waals surface area (Å²) < 4.78 is 0.846. The molecular weight excluding hydrogens is 400 g/mol. The van der Waals surface area contributed by atoms with Gasteiger partial charge in [0.15, 0.2) is 0 Å². The van der Waals surface area contributed by atoms with E-state index >= 15 is 0 Å². The average molecular weight is 419 g/mol. The first kappa shape index (κ1) is 18.3. The van der Waals surface area contributed by atoms with E-state index in [1.165, 1.54) is 18.2 Å². The van der Waals surface area contributed by atoms with Gasteiger partial charge < -0.3 is 20.0 Å². The van der Waals surface area contributed by atoms with E-state index in [-0.39, 0.29) is 28.9 Å². The highest BCUT2D eigenvalue weighted by molar-refractivity contribution is 9.10. The van der Waals surface area contributed by atoms with E-state index in [4.69, 9.17) is 0 Å². The molecule has 1 aliphatic heterocycles. The van der Waals surface area contributed by atoms with Gasteiger partial charge in [0.05, 0.1) is 0 Å². The molecule has 0 saturated carbocycles. The highest BCUT2D eigenvalue weighted by Gasteiger charge is 2.24. The van der Waals surface area contributed by atoms with Crippen LogP contribution in [0.3, 0.4) is 0 Å². The highest BCUT2D eigenvalue weighted by Crippen LogP contribution is 2.22. The molecule has 1 heterocycles. The number of rotatable bonds is 2. The lowest BCUT2D eigenvalue weighted by Crippen LogP contribution is -2.37. The zero-order valence-corrected chi connectivity index (χ0v) is 15.6. The molecule has 0 aliphatic carbocycles. The quantitative estimate of drug-likeness (QED) is 0.785.